The minimum atomic E-state index is -1.04. The van der Waals surface area contributed by atoms with E-state index < -0.39 is 17.5 Å². The van der Waals surface area contributed by atoms with Crippen molar-refractivity contribution in [3.05, 3.63) is 35.4 Å². The Balaban J connectivity index is 1.82. The fourth-order valence-electron chi connectivity index (χ4n) is 3.33. The lowest BCUT2D eigenvalue weighted by atomic mass is 10.1. The molecule has 2 heterocycles. The lowest BCUT2D eigenvalue weighted by molar-refractivity contribution is 0.0734. The highest BCUT2D eigenvalue weighted by molar-refractivity contribution is 5.94. The van der Waals surface area contributed by atoms with Crippen LogP contribution in [-0.4, -0.2) is 47.9 Å². The molecule has 2 atom stereocenters. The van der Waals surface area contributed by atoms with Crippen molar-refractivity contribution < 1.29 is 13.6 Å². The summed E-state index contributed by atoms with van der Waals surface area (Å²) in [6, 6.07) is 4.61. The number of amides is 1. The van der Waals surface area contributed by atoms with Crippen molar-refractivity contribution in [1.82, 2.24) is 9.80 Å². The molecule has 1 aromatic carbocycles. The third-order valence-electron chi connectivity index (χ3n) is 4.62. The molecule has 2 aliphatic rings. The van der Waals surface area contributed by atoms with Gasteiger partial charge in [-0.2, -0.15) is 0 Å². The summed E-state index contributed by atoms with van der Waals surface area (Å²) in [7, 11) is 2.08. The Hall–Kier alpha value is -1.49. The average molecular weight is 280 g/mol. The number of carbonyl (C=O) groups excluding carboxylic acids is 1. The van der Waals surface area contributed by atoms with Crippen LogP contribution >= 0.6 is 0 Å². The van der Waals surface area contributed by atoms with Crippen LogP contribution in [0.2, 0.25) is 0 Å². The van der Waals surface area contributed by atoms with Crippen molar-refractivity contribution in [3.8, 4) is 0 Å². The smallest absolute Gasteiger partial charge is 0.256 e. The number of benzene rings is 1. The Morgan fingerprint density at radius 1 is 1.20 bits per heavy atom. The predicted octanol–water partition coefficient (Wildman–Crippen LogP) is 2.27. The third-order valence-corrected chi connectivity index (χ3v) is 4.62. The van der Waals surface area contributed by atoms with Gasteiger partial charge in [-0.25, -0.2) is 8.78 Å². The molecule has 0 spiro atoms. The highest BCUT2D eigenvalue weighted by Crippen LogP contribution is 2.29. The van der Waals surface area contributed by atoms with Gasteiger partial charge in [0.15, 0.2) is 11.6 Å². The van der Waals surface area contributed by atoms with Crippen molar-refractivity contribution in [2.45, 2.75) is 31.3 Å². The Kier molecular flexibility index (Phi) is 3.46. The molecule has 108 valence electrons. The molecule has 3 rings (SSSR count). The van der Waals surface area contributed by atoms with Crippen molar-refractivity contribution >= 4 is 5.91 Å². The van der Waals surface area contributed by atoms with Crippen molar-refractivity contribution in [3.63, 3.8) is 0 Å². The number of fused-ring (bicyclic) bond motifs is 2. The van der Waals surface area contributed by atoms with Crippen LogP contribution in [0.25, 0.3) is 0 Å². The van der Waals surface area contributed by atoms with E-state index in [1.54, 1.807) is 4.90 Å². The van der Waals surface area contributed by atoms with Crippen LogP contribution in [-0.2, 0) is 0 Å². The number of rotatable bonds is 1. The average Bonchev–Trinajstić information content (AvgIpc) is 2.66. The topological polar surface area (TPSA) is 23.6 Å². The molecule has 5 heteroatoms. The largest absolute Gasteiger partial charge is 0.337 e. The highest BCUT2D eigenvalue weighted by Gasteiger charge is 2.36. The summed E-state index contributed by atoms with van der Waals surface area (Å²) in [6.45, 7) is 1.21. The zero-order chi connectivity index (χ0) is 14.3. The summed E-state index contributed by atoms with van der Waals surface area (Å²) in [5, 5.41) is 0. The summed E-state index contributed by atoms with van der Waals surface area (Å²) in [6.07, 6.45) is 3.13. The van der Waals surface area contributed by atoms with Gasteiger partial charge in [-0.05, 0) is 38.4 Å². The van der Waals surface area contributed by atoms with Crippen LogP contribution in [0, 0.1) is 11.6 Å². The van der Waals surface area contributed by atoms with Gasteiger partial charge in [0.1, 0.15) is 0 Å². The minimum Gasteiger partial charge on any atom is -0.337 e. The minimum absolute atomic E-state index is 0.162. The normalized spacial score (nSPS) is 26.6. The van der Waals surface area contributed by atoms with Gasteiger partial charge in [-0.15, -0.1) is 0 Å². The summed E-state index contributed by atoms with van der Waals surface area (Å²) < 4.78 is 27.0. The van der Waals surface area contributed by atoms with Crippen molar-refractivity contribution in [1.29, 1.82) is 0 Å². The molecule has 0 N–H and O–H groups in total. The maximum atomic E-state index is 13.7. The molecule has 1 amide bonds. The van der Waals surface area contributed by atoms with Gasteiger partial charge in [0.25, 0.3) is 5.91 Å². The quantitative estimate of drug-likeness (QED) is 0.788. The number of likely N-dealkylation sites (tertiary alicyclic amines) is 1. The summed E-state index contributed by atoms with van der Waals surface area (Å²) in [5.74, 6) is -2.41. The fraction of sp³-hybridized carbons (Fsp3) is 0.533. The molecule has 20 heavy (non-hydrogen) atoms. The molecule has 0 aliphatic carbocycles. The Morgan fingerprint density at radius 2 is 1.95 bits per heavy atom. The summed E-state index contributed by atoms with van der Waals surface area (Å²) in [5.41, 5.74) is -0.162. The standard InChI is InChI=1S/C15H18F2N2O/c1-18-10-5-6-11(18)9-19(8-7-10)15(20)12-3-2-4-13(16)14(12)17/h2-4,10-11H,5-9H2,1H3. The molecule has 0 radical (unpaired) electrons. The Morgan fingerprint density at radius 3 is 2.75 bits per heavy atom. The second-order valence-electron chi connectivity index (χ2n) is 5.69. The van der Waals surface area contributed by atoms with E-state index in [4.69, 9.17) is 0 Å². The Bertz CT molecular complexity index is 535. The van der Waals surface area contributed by atoms with E-state index in [9.17, 15) is 13.6 Å². The molecule has 3 nitrogen and oxygen atoms in total. The lowest BCUT2D eigenvalue weighted by Gasteiger charge is -2.26. The molecule has 2 aliphatic heterocycles. The first-order valence-corrected chi connectivity index (χ1v) is 7.03. The predicted molar refractivity (Wildman–Crippen MR) is 71.5 cm³/mol. The molecule has 2 saturated heterocycles. The molecule has 0 aromatic heterocycles. The number of hydrogen-bond donors (Lipinski definition) is 0. The molecular formula is C15H18F2N2O. The first-order valence-electron chi connectivity index (χ1n) is 7.03. The molecule has 1 aromatic rings. The van der Waals surface area contributed by atoms with Crippen LogP contribution in [0.3, 0.4) is 0 Å². The van der Waals surface area contributed by atoms with Gasteiger partial charge in [0, 0.05) is 25.2 Å². The van der Waals surface area contributed by atoms with Gasteiger partial charge in [0.05, 0.1) is 5.56 Å². The number of carbonyl (C=O) groups is 1. The number of hydrogen-bond acceptors (Lipinski definition) is 2. The van der Waals surface area contributed by atoms with E-state index in [1.165, 1.54) is 12.1 Å². The SMILES string of the molecule is CN1C2CCC1CN(C(=O)c1cccc(F)c1F)CC2. The van der Waals surface area contributed by atoms with Crippen molar-refractivity contribution in [2.24, 2.45) is 0 Å². The van der Waals surface area contributed by atoms with Gasteiger partial charge >= 0.3 is 0 Å². The highest BCUT2D eigenvalue weighted by atomic mass is 19.2. The van der Waals surface area contributed by atoms with Gasteiger partial charge in [-0.1, -0.05) is 6.07 Å². The van der Waals surface area contributed by atoms with E-state index in [-0.39, 0.29) is 5.56 Å². The second kappa shape index (κ2) is 5.13. The van der Waals surface area contributed by atoms with Gasteiger partial charge in [0.2, 0.25) is 0 Å². The third kappa shape index (κ3) is 2.20. The van der Waals surface area contributed by atoms with E-state index in [0.29, 0.717) is 25.2 Å². The van der Waals surface area contributed by atoms with Gasteiger partial charge < -0.3 is 4.90 Å². The summed E-state index contributed by atoms with van der Waals surface area (Å²) in [4.78, 5) is 16.4. The summed E-state index contributed by atoms with van der Waals surface area (Å²) >= 11 is 0. The Labute approximate surface area is 117 Å². The number of nitrogens with zero attached hydrogens (tertiary/aromatic N) is 2. The van der Waals surface area contributed by atoms with Crippen molar-refractivity contribution in [2.75, 3.05) is 20.1 Å². The van der Waals surface area contributed by atoms with Crippen LogP contribution in [0.4, 0.5) is 8.78 Å². The van der Waals surface area contributed by atoms with E-state index in [0.717, 1.165) is 25.3 Å². The maximum absolute atomic E-state index is 13.7. The fourth-order valence-corrected chi connectivity index (χ4v) is 3.33. The van der Waals surface area contributed by atoms with Gasteiger partial charge in [-0.3, -0.25) is 9.69 Å². The van der Waals surface area contributed by atoms with Crippen LogP contribution in [0.5, 0.6) is 0 Å². The number of likely N-dealkylation sites (N-methyl/N-ethyl adjacent to an activating group) is 1. The van der Waals surface area contributed by atoms with Crippen LogP contribution in [0.1, 0.15) is 29.6 Å². The van der Waals surface area contributed by atoms with E-state index in [1.807, 2.05) is 0 Å². The van der Waals surface area contributed by atoms with Crippen LogP contribution < -0.4 is 0 Å². The zero-order valence-corrected chi connectivity index (χ0v) is 11.5. The zero-order valence-electron chi connectivity index (χ0n) is 11.5. The molecule has 2 fully saturated rings. The first kappa shape index (κ1) is 13.5. The monoisotopic (exact) mass is 280 g/mol. The maximum Gasteiger partial charge on any atom is 0.256 e. The molecular weight excluding hydrogens is 262 g/mol. The molecule has 0 saturated carbocycles. The van der Waals surface area contributed by atoms with E-state index >= 15 is 0 Å². The molecule has 2 unspecified atom stereocenters. The first-order chi connectivity index (χ1) is 9.58. The second-order valence-corrected chi connectivity index (χ2v) is 5.69. The molecule has 2 bridgehead atoms. The van der Waals surface area contributed by atoms with E-state index in [2.05, 4.69) is 11.9 Å². The van der Waals surface area contributed by atoms with Crippen LogP contribution in [0.15, 0.2) is 18.2 Å². The number of halogens is 2. The lowest BCUT2D eigenvalue weighted by Crippen LogP contribution is -2.40.